The predicted octanol–water partition coefficient (Wildman–Crippen LogP) is 3.72. The van der Waals surface area contributed by atoms with Gasteiger partial charge in [0.1, 0.15) is 4.33 Å². The van der Waals surface area contributed by atoms with Gasteiger partial charge in [0.25, 0.3) is 0 Å². The van der Waals surface area contributed by atoms with Crippen LogP contribution in [0.5, 0.6) is 0 Å². The van der Waals surface area contributed by atoms with E-state index in [1.807, 2.05) is 24.3 Å². The van der Waals surface area contributed by atoms with Crippen molar-refractivity contribution in [2.75, 3.05) is 0 Å². The molecule has 0 aromatic heterocycles. The van der Waals surface area contributed by atoms with E-state index in [0.717, 1.165) is 11.1 Å². The standard InChI is InChI=1S/C10H10Cl2/c1-3-10(11,12)9-7-5-4-6-8(9)2/h4-7H,1-3H2. The van der Waals surface area contributed by atoms with Crippen LogP contribution in [0.15, 0.2) is 24.3 Å². The quantitative estimate of drug-likeness (QED) is 0.639. The highest BCUT2D eigenvalue weighted by Crippen LogP contribution is 2.38. The van der Waals surface area contributed by atoms with Crippen molar-refractivity contribution in [3.8, 4) is 0 Å². The Kier molecular flexibility index (Phi) is 3.03. The van der Waals surface area contributed by atoms with Crippen molar-refractivity contribution in [2.45, 2.75) is 10.8 Å². The molecule has 0 aliphatic carbocycles. The first-order chi connectivity index (χ1) is 5.58. The molecule has 0 saturated heterocycles. The van der Waals surface area contributed by atoms with E-state index in [-0.39, 0.29) is 0 Å². The Morgan fingerprint density at radius 1 is 1.25 bits per heavy atom. The van der Waals surface area contributed by atoms with Gasteiger partial charge in [-0.25, -0.2) is 0 Å². The number of benzene rings is 1. The summed E-state index contributed by atoms with van der Waals surface area (Å²) in [5, 5.41) is 0. The molecule has 0 atom stereocenters. The van der Waals surface area contributed by atoms with Crippen molar-refractivity contribution in [3.63, 3.8) is 0 Å². The number of hydrogen-bond acceptors (Lipinski definition) is 0. The van der Waals surface area contributed by atoms with Gasteiger partial charge in [0.15, 0.2) is 0 Å². The summed E-state index contributed by atoms with van der Waals surface area (Å²) in [5.74, 6) is 0. The lowest BCUT2D eigenvalue weighted by Crippen LogP contribution is -2.10. The highest BCUT2D eigenvalue weighted by Gasteiger charge is 2.25. The molecule has 0 aliphatic heterocycles. The van der Waals surface area contributed by atoms with Crippen LogP contribution in [0.4, 0.5) is 0 Å². The molecule has 2 heteroatoms. The Bertz CT molecular complexity index is 266. The minimum Gasteiger partial charge on any atom is -0.0963 e. The van der Waals surface area contributed by atoms with Gasteiger partial charge in [-0.1, -0.05) is 47.5 Å². The van der Waals surface area contributed by atoms with E-state index < -0.39 is 4.33 Å². The highest BCUT2D eigenvalue weighted by molar-refractivity contribution is 6.48. The molecule has 1 aromatic rings. The summed E-state index contributed by atoms with van der Waals surface area (Å²) in [5.41, 5.74) is 1.69. The van der Waals surface area contributed by atoms with Crippen molar-refractivity contribution < 1.29 is 0 Å². The number of alkyl halides is 2. The third-order valence-corrected chi connectivity index (χ3v) is 2.51. The van der Waals surface area contributed by atoms with Gasteiger partial charge in [-0.2, -0.15) is 0 Å². The average molecular weight is 201 g/mol. The first-order valence-electron chi connectivity index (χ1n) is 3.66. The van der Waals surface area contributed by atoms with Crippen molar-refractivity contribution in [3.05, 3.63) is 49.2 Å². The van der Waals surface area contributed by atoms with Crippen LogP contribution >= 0.6 is 23.2 Å². The third-order valence-electron chi connectivity index (χ3n) is 1.73. The Morgan fingerprint density at radius 3 is 2.33 bits per heavy atom. The van der Waals surface area contributed by atoms with Gasteiger partial charge in [-0.3, -0.25) is 0 Å². The summed E-state index contributed by atoms with van der Waals surface area (Å²) >= 11 is 12.0. The van der Waals surface area contributed by atoms with E-state index in [4.69, 9.17) is 23.2 Å². The molecule has 0 nitrogen and oxygen atoms in total. The van der Waals surface area contributed by atoms with E-state index in [1.54, 1.807) is 0 Å². The molecule has 0 unspecified atom stereocenters. The molecule has 0 spiro atoms. The smallest absolute Gasteiger partial charge is 0.0963 e. The summed E-state index contributed by atoms with van der Waals surface area (Å²) in [7, 11) is 0. The number of rotatable bonds is 2. The fourth-order valence-electron chi connectivity index (χ4n) is 1.01. The Hall–Kier alpha value is -0.200. The average Bonchev–Trinajstić information content (AvgIpc) is 2.05. The van der Waals surface area contributed by atoms with Gasteiger partial charge in [0.05, 0.1) is 0 Å². The zero-order valence-corrected chi connectivity index (χ0v) is 8.20. The molecular formula is C10H10Cl2. The summed E-state index contributed by atoms with van der Waals surface area (Å²) in [6.07, 6.45) is 0.433. The Balaban J connectivity index is 3.10. The lowest BCUT2D eigenvalue weighted by atomic mass is 10.0. The summed E-state index contributed by atoms with van der Waals surface area (Å²) in [6.45, 7) is 7.52. The highest BCUT2D eigenvalue weighted by atomic mass is 35.5. The van der Waals surface area contributed by atoms with E-state index >= 15 is 0 Å². The maximum atomic E-state index is 6.01. The van der Waals surface area contributed by atoms with Crippen LogP contribution in [0.3, 0.4) is 0 Å². The molecule has 0 aliphatic rings. The van der Waals surface area contributed by atoms with Crippen molar-refractivity contribution >= 4 is 23.2 Å². The van der Waals surface area contributed by atoms with E-state index in [0.29, 0.717) is 6.42 Å². The van der Waals surface area contributed by atoms with Crippen LogP contribution in [-0.2, 0) is 4.33 Å². The molecule has 0 N–H and O–H groups in total. The van der Waals surface area contributed by atoms with Crippen LogP contribution in [0.25, 0.3) is 0 Å². The van der Waals surface area contributed by atoms with Crippen LogP contribution in [0.1, 0.15) is 17.5 Å². The number of halogens is 2. The zero-order chi connectivity index (χ0) is 9.19. The summed E-state index contributed by atoms with van der Waals surface area (Å²) < 4.78 is -0.904. The first kappa shape index (κ1) is 9.88. The molecule has 0 fully saturated rings. The molecular weight excluding hydrogens is 191 g/mol. The molecule has 0 saturated carbocycles. The molecule has 0 amide bonds. The second-order valence-corrected chi connectivity index (χ2v) is 4.10. The second kappa shape index (κ2) is 3.68. The monoisotopic (exact) mass is 200 g/mol. The predicted molar refractivity (Wildman–Crippen MR) is 54.3 cm³/mol. The fraction of sp³-hybridized carbons (Fsp3) is 0.200. The van der Waals surface area contributed by atoms with Gasteiger partial charge in [-0.05, 0) is 31.4 Å². The molecule has 12 heavy (non-hydrogen) atoms. The van der Waals surface area contributed by atoms with E-state index in [2.05, 4.69) is 13.8 Å². The van der Waals surface area contributed by atoms with Gasteiger partial charge in [-0.15, -0.1) is 0 Å². The molecule has 2 radical (unpaired) electrons. The van der Waals surface area contributed by atoms with Crippen LogP contribution in [0, 0.1) is 13.8 Å². The first-order valence-corrected chi connectivity index (χ1v) is 4.42. The summed E-state index contributed by atoms with van der Waals surface area (Å²) in [4.78, 5) is 0. The zero-order valence-electron chi connectivity index (χ0n) is 6.69. The second-order valence-electron chi connectivity index (χ2n) is 2.61. The van der Waals surface area contributed by atoms with Gasteiger partial charge < -0.3 is 0 Å². The van der Waals surface area contributed by atoms with Gasteiger partial charge >= 0.3 is 0 Å². The van der Waals surface area contributed by atoms with Crippen molar-refractivity contribution in [1.82, 2.24) is 0 Å². The van der Waals surface area contributed by atoms with E-state index in [1.165, 1.54) is 0 Å². The molecule has 0 heterocycles. The SMILES string of the molecule is [CH2]CC(Cl)(Cl)c1ccccc1[CH2]. The third kappa shape index (κ3) is 1.94. The van der Waals surface area contributed by atoms with Crippen LogP contribution in [-0.4, -0.2) is 0 Å². The number of hydrogen-bond donors (Lipinski definition) is 0. The minimum absolute atomic E-state index is 0.433. The fourth-order valence-corrected chi connectivity index (χ4v) is 1.38. The topological polar surface area (TPSA) is 0 Å². The molecule has 0 bridgehead atoms. The van der Waals surface area contributed by atoms with Crippen molar-refractivity contribution in [2.24, 2.45) is 0 Å². The Labute approximate surface area is 83.5 Å². The Morgan fingerprint density at radius 2 is 1.83 bits per heavy atom. The summed E-state index contributed by atoms with van der Waals surface area (Å²) in [6, 6.07) is 7.54. The molecule has 1 aromatic carbocycles. The van der Waals surface area contributed by atoms with Gasteiger partial charge in [0, 0.05) is 0 Å². The lowest BCUT2D eigenvalue weighted by molar-refractivity contribution is 0.859. The van der Waals surface area contributed by atoms with Crippen molar-refractivity contribution in [1.29, 1.82) is 0 Å². The largest absolute Gasteiger partial charge is 0.143 e. The molecule has 1 rings (SSSR count). The van der Waals surface area contributed by atoms with E-state index in [9.17, 15) is 0 Å². The maximum absolute atomic E-state index is 6.01. The van der Waals surface area contributed by atoms with Crippen LogP contribution < -0.4 is 0 Å². The lowest BCUT2D eigenvalue weighted by Gasteiger charge is -2.19. The minimum atomic E-state index is -0.904. The van der Waals surface area contributed by atoms with Gasteiger partial charge in [0.2, 0.25) is 0 Å². The normalized spacial score (nSPS) is 11.7. The molecule has 64 valence electrons. The maximum Gasteiger partial charge on any atom is 0.143 e. The van der Waals surface area contributed by atoms with Crippen LogP contribution in [0.2, 0.25) is 0 Å².